The molecule has 1 N–H and O–H groups in total. The Balaban J connectivity index is 2.46. The lowest BCUT2D eigenvalue weighted by atomic mass is 10.2. The van der Waals surface area contributed by atoms with Crippen LogP contribution in [0, 0.1) is 0 Å². The van der Waals surface area contributed by atoms with Crippen molar-refractivity contribution in [2.45, 2.75) is 6.54 Å². The fraction of sp³-hybridized carbons (Fsp3) is 0.273. The SMILES string of the molecule is C=CCOc1ccc(CNOC)cc1. The molecule has 0 heterocycles. The van der Waals surface area contributed by atoms with E-state index >= 15 is 0 Å². The van der Waals surface area contributed by atoms with Crippen molar-refractivity contribution >= 4 is 0 Å². The maximum atomic E-state index is 5.34. The molecule has 0 saturated heterocycles. The maximum Gasteiger partial charge on any atom is 0.119 e. The molecule has 1 aromatic carbocycles. The number of ether oxygens (including phenoxy) is 1. The van der Waals surface area contributed by atoms with Gasteiger partial charge < -0.3 is 9.57 Å². The van der Waals surface area contributed by atoms with E-state index in [2.05, 4.69) is 12.1 Å². The molecule has 0 aliphatic heterocycles. The third-order valence-corrected chi connectivity index (χ3v) is 1.71. The molecule has 1 rings (SSSR count). The van der Waals surface area contributed by atoms with Crippen LogP contribution in [0.15, 0.2) is 36.9 Å². The van der Waals surface area contributed by atoms with E-state index < -0.39 is 0 Å². The molecule has 76 valence electrons. The monoisotopic (exact) mass is 193 g/mol. The van der Waals surface area contributed by atoms with E-state index in [9.17, 15) is 0 Å². The Morgan fingerprint density at radius 1 is 1.36 bits per heavy atom. The standard InChI is InChI=1S/C11H15NO2/c1-3-8-14-11-6-4-10(5-7-11)9-12-13-2/h3-7,12H,1,8-9H2,2H3. The van der Waals surface area contributed by atoms with Crippen molar-refractivity contribution < 1.29 is 9.57 Å². The van der Waals surface area contributed by atoms with Crippen LogP contribution in [0.5, 0.6) is 5.75 Å². The van der Waals surface area contributed by atoms with Gasteiger partial charge in [-0.15, -0.1) is 0 Å². The predicted molar refractivity (Wildman–Crippen MR) is 56.0 cm³/mol. The Bertz CT molecular complexity index is 269. The van der Waals surface area contributed by atoms with Crippen LogP contribution in [-0.2, 0) is 11.4 Å². The zero-order valence-electron chi connectivity index (χ0n) is 8.32. The summed E-state index contributed by atoms with van der Waals surface area (Å²) >= 11 is 0. The van der Waals surface area contributed by atoms with Crippen LogP contribution < -0.4 is 10.2 Å². The van der Waals surface area contributed by atoms with Gasteiger partial charge in [0.05, 0.1) is 7.11 Å². The lowest BCUT2D eigenvalue weighted by Crippen LogP contribution is -2.10. The minimum Gasteiger partial charge on any atom is -0.490 e. The van der Waals surface area contributed by atoms with Gasteiger partial charge in [0, 0.05) is 6.54 Å². The first-order valence-electron chi connectivity index (χ1n) is 4.45. The van der Waals surface area contributed by atoms with Gasteiger partial charge in [-0.25, -0.2) is 0 Å². The zero-order valence-corrected chi connectivity index (χ0v) is 8.32. The number of nitrogens with one attached hydrogen (secondary N) is 1. The molecular formula is C11H15NO2. The van der Waals surface area contributed by atoms with Crippen molar-refractivity contribution in [3.63, 3.8) is 0 Å². The van der Waals surface area contributed by atoms with Crippen LogP contribution in [0.4, 0.5) is 0 Å². The molecule has 3 nitrogen and oxygen atoms in total. The van der Waals surface area contributed by atoms with Crippen molar-refractivity contribution in [3.05, 3.63) is 42.5 Å². The summed E-state index contributed by atoms with van der Waals surface area (Å²) in [5.74, 6) is 0.853. The fourth-order valence-electron chi connectivity index (χ4n) is 1.01. The number of benzene rings is 1. The van der Waals surface area contributed by atoms with Gasteiger partial charge in [0.2, 0.25) is 0 Å². The Hall–Kier alpha value is -1.32. The van der Waals surface area contributed by atoms with Crippen molar-refractivity contribution in [1.29, 1.82) is 0 Å². The molecule has 0 radical (unpaired) electrons. The summed E-state index contributed by atoms with van der Waals surface area (Å²) in [5, 5.41) is 0. The van der Waals surface area contributed by atoms with E-state index in [0.717, 1.165) is 11.3 Å². The molecule has 0 bridgehead atoms. The average Bonchev–Trinajstić information content (AvgIpc) is 2.25. The summed E-state index contributed by atoms with van der Waals surface area (Å²) in [6.07, 6.45) is 1.72. The van der Waals surface area contributed by atoms with Gasteiger partial charge in [0.1, 0.15) is 12.4 Å². The van der Waals surface area contributed by atoms with Crippen LogP contribution in [0.2, 0.25) is 0 Å². The Morgan fingerprint density at radius 2 is 2.07 bits per heavy atom. The Kier molecular flexibility index (Phi) is 4.75. The molecule has 3 heteroatoms. The summed E-state index contributed by atoms with van der Waals surface area (Å²) in [4.78, 5) is 4.75. The smallest absolute Gasteiger partial charge is 0.119 e. The topological polar surface area (TPSA) is 30.5 Å². The molecule has 14 heavy (non-hydrogen) atoms. The highest BCUT2D eigenvalue weighted by Crippen LogP contribution is 2.11. The summed E-state index contributed by atoms with van der Waals surface area (Å²) in [7, 11) is 1.60. The lowest BCUT2D eigenvalue weighted by molar-refractivity contribution is 0.0867. The van der Waals surface area contributed by atoms with Crippen LogP contribution in [0.3, 0.4) is 0 Å². The van der Waals surface area contributed by atoms with Crippen LogP contribution in [-0.4, -0.2) is 13.7 Å². The highest BCUT2D eigenvalue weighted by atomic mass is 16.6. The van der Waals surface area contributed by atoms with Gasteiger partial charge in [0.15, 0.2) is 0 Å². The first-order chi connectivity index (χ1) is 6.86. The molecule has 0 spiro atoms. The minimum atomic E-state index is 0.537. The minimum absolute atomic E-state index is 0.537. The third-order valence-electron chi connectivity index (χ3n) is 1.71. The normalized spacial score (nSPS) is 9.79. The van der Waals surface area contributed by atoms with Gasteiger partial charge in [-0.1, -0.05) is 24.8 Å². The number of hydroxylamine groups is 1. The molecule has 0 amide bonds. The maximum absolute atomic E-state index is 5.34. The summed E-state index contributed by atoms with van der Waals surface area (Å²) in [5.41, 5.74) is 3.92. The average molecular weight is 193 g/mol. The molecule has 0 aliphatic rings. The van der Waals surface area contributed by atoms with Crippen molar-refractivity contribution in [1.82, 2.24) is 5.48 Å². The molecular weight excluding hydrogens is 178 g/mol. The largest absolute Gasteiger partial charge is 0.490 e. The second-order valence-corrected chi connectivity index (χ2v) is 2.77. The third kappa shape index (κ3) is 3.60. The van der Waals surface area contributed by atoms with Gasteiger partial charge in [-0.3, -0.25) is 0 Å². The first kappa shape index (κ1) is 10.8. The van der Waals surface area contributed by atoms with E-state index in [0.29, 0.717) is 13.2 Å². The molecule has 1 aromatic rings. The van der Waals surface area contributed by atoms with Crippen LogP contribution >= 0.6 is 0 Å². The number of hydrogen-bond acceptors (Lipinski definition) is 3. The second-order valence-electron chi connectivity index (χ2n) is 2.77. The molecule has 0 aliphatic carbocycles. The van der Waals surface area contributed by atoms with E-state index in [4.69, 9.17) is 9.57 Å². The summed E-state index contributed by atoms with van der Waals surface area (Å²) < 4.78 is 5.34. The van der Waals surface area contributed by atoms with Gasteiger partial charge in [0.25, 0.3) is 0 Å². The molecule has 0 atom stereocenters. The van der Waals surface area contributed by atoms with Crippen LogP contribution in [0.1, 0.15) is 5.56 Å². The van der Waals surface area contributed by atoms with E-state index in [-0.39, 0.29) is 0 Å². The molecule has 0 fully saturated rings. The highest BCUT2D eigenvalue weighted by molar-refractivity contribution is 5.27. The number of hydrogen-bond donors (Lipinski definition) is 1. The van der Waals surface area contributed by atoms with Gasteiger partial charge >= 0.3 is 0 Å². The number of rotatable bonds is 6. The van der Waals surface area contributed by atoms with Crippen molar-refractivity contribution in [2.75, 3.05) is 13.7 Å². The van der Waals surface area contributed by atoms with E-state index in [1.165, 1.54) is 0 Å². The Labute approximate surface area is 84.3 Å². The fourth-order valence-corrected chi connectivity index (χ4v) is 1.01. The highest BCUT2D eigenvalue weighted by Gasteiger charge is 1.93. The molecule has 0 saturated carbocycles. The molecule has 0 unspecified atom stereocenters. The van der Waals surface area contributed by atoms with E-state index in [1.54, 1.807) is 13.2 Å². The van der Waals surface area contributed by atoms with Crippen molar-refractivity contribution in [2.24, 2.45) is 0 Å². The summed E-state index contributed by atoms with van der Waals surface area (Å²) in [6, 6.07) is 7.83. The molecule has 0 aromatic heterocycles. The van der Waals surface area contributed by atoms with Gasteiger partial charge in [-0.2, -0.15) is 5.48 Å². The summed E-state index contributed by atoms with van der Waals surface area (Å²) in [6.45, 7) is 4.81. The van der Waals surface area contributed by atoms with Gasteiger partial charge in [-0.05, 0) is 17.7 Å². The predicted octanol–water partition coefficient (Wildman–Crippen LogP) is 1.90. The zero-order chi connectivity index (χ0) is 10.2. The van der Waals surface area contributed by atoms with Crippen molar-refractivity contribution in [3.8, 4) is 5.75 Å². The quantitative estimate of drug-likeness (QED) is 0.553. The van der Waals surface area contributed by atoms with E-state index in [1.807, 2.05) is 24.3 Å². The second kappa shape index (κ2) is 6.18. The van der Waals surface area contributed by atoms with Crippen LogP contribution in [0.25, 0.3) is 0 Å². The lowest BCUT2D eigenvalue weighted by Gasteiger charge is -2.05. The Morgan fingerprint density at radius 3 is 2.64 bits per heavy atom. The first-order valence-corrected chi connectivity index (χ1v) is 4.45.